The highest BCUT2D eigenvalue weighted by atomic mass is 14.8. The van der Waals surface area contributed by atoms with Crippen LogP contribution < -0.4 is 5.73 Å². The van der Waals surface area contributed by atoms with Gasteiger partial charge in [-0.1, -0.05) is 26.0 Å². The fourth-order valence-corrected chi connectivity index (χ4v) is 1.86. The Bertz CT molecular complexity index is 353. The molecule has 0 saturated heterocycles. The fourth-order valence-electron chi connectivity index (χ4n) is 1.86. The maximum absolute atomic E-state index is 5.77. The molecule has 1 unspecified atom stereocenters. The number of hydrogen-bond acceptors (Lipinski definition) is 2. The molecule has 0 amide bonds. The molecule has 1 aromatic rings. The molecule has 0 aliphatic heterocycles. The molecule has 0 saturated carbocycles. The minimum Gasteiger partial charge on any atom is -0.383 e. The second kappa shape index (κ2) is 2.87. The van der Waals surface area contributed by atoms with E-state index in [4.69, 9.17) is 5.73 Å². The van der Waals surface area contributed by atoms with Crippen molar-refractivity contribution in [2.75, 3.05) is 5.73 Å². The van der Waals surface area contributed by atoms with E-state index < -0.39 is 0 Å². The summed E-state index contributed by atoms with van der Waals surface area (Å²) in [6.07, 6.45) is 6.09. The predicted octanol–water partition coefficient (Wildman–Crippen LogP) is 2.43. The normalized spacial score (nSPS) is 19.5. The standard InChI is InChI=1S/C11H14N2/c1-7(2)8-3-4-10-9(8)5-6-13-11(10)12/h3-8H,1-2H3,(H2,12,13). The maximum Gasteiger partial charge on any atom is 0.130 e. The summed E-state index contributed by atoms with van der Waals surface area (Å²) in [6, 6.07) is 2.07. The van der Waals surface area contributed by atoms with Gasteiger partial charge in [0.15, 0.2) is 0 Å². The second-order valence-corrected chi connectivity index (χ2v) is 3.83. The van der Waals surface area contributed by atoms with Crippen LogP contribution in [0.2, 0.25) is 0 Å². The van der Waals surface area contributed by atoms with E-state index in [1.807, 2.05) is 0 Å². The molecule has 0 aromatic carbocycles. The molecule has 0 spiro atoms. The van der Waals surface area contributed by atoms with Crippen LogP contribution in [0.1, 0.15) is 30.9 Å². The molecule has 2 N–H and O–H groups in total. The van der Waals surface area contributed by atoms with Gasteiger partial charge in [0, 0.05) is 17.7 Å². The van der Waals surface area contributed by atoms with Crippen molar-refractivity contribution in [3.63, 3.8) is 0 Å². The Hall–Kier alpha value is -1.31. The van der Waals surface area contributed by atoms with Gasteiger partial charge in [0.2, 0.25) is 0 Å². The minimum absolute atomic E-state index is 0.514. The van der Waals surface area contributed by atoms with E-state index >= 15 is 0 Å². The molecule has 1 aliphatic rings. The van der Waals surface area contributed by atoms with E-state index in [9.17, 15) is 0 Å². The van der Waals surface area contributed by atoms with Crippen molar-refractivity contribution in [2.45, 2.75) is 19.8 Å². The third-order valence-corrected chi connectivity index (χ3v) is 2.60. The highest BCUT2D eigenvalue weighted by Gasteiger charge is 2.21. The molecule has 2 heteroatoms. The number of nitrogens with zero attached hydrogens (tertiary/aromatic N) is 1. The van der Waals surface area contributed by atoms with Gasteiger partial charge in [0.1, 0.15) is 5.82 Å². The lowest BCUT2D eigenvalue weighted by atomic mass is 9.91. The number of allylic oxidation sites excluding steroid dienone is 1. The van der Waals surface area contributed by atoms with Crippen molar-refractivity contribution in [3.05, 3.63) is 29.5 Å². The first kappa shape index (κ1) is 8.30. The number of aromatic nitrogens is 1. The molecule has 1 aliphatic carbocycles. The van der Waals surface area contributed by atoms with Gasteiger partial charge in [-0.15, -0.1) is 0 Å². The molecular formula is C11H14N2. The molecule has 0 fully saturated rings. The number of anilines is 1. The average molecular weight is 174 g/mol. The summed E-state index contributed by atoms with van der Waals surface area (Å²) in [5.41, 5.74) is 8.21. The summed E-state index contributed by atoms with van der Waals surface area (Å²) >= 11 is 0. The zero-order chi connectivity index (χ0) is 9.42. The van der Waals surface area contributed by atoms with Crippen LogP contribution in [0, 0.1) is 5.92 Å². The lowest BCUT2D eigenvalue weighted by molar-refractivity contribution is 0.584. The molecule has 1 atom stereocenters. The summed E-state index contributed by atoms with van der Waals surface area (Å²) in [7, 11) is 0. The maximum atomic E-state index is 5.77. The average Bonchev–Trinajstić information content (AvgIpc) is 2.48. The highest BCUT2D eigenvalue weighted by molar-refractivity contribution is 5.70. The first-order valence-corrected chi connectivity index (χ1v) is 4.62. The van der Waals surface area contributed by atoms with Gasteiger partial charge in [-0.2, -0.15) is 0 Å². The molecule has 1 aromatic heterocycles. The molecular weight excluding hydrogens is 160 g/mol. The van der Waals surface area contributed by atoms with Crippen LogP contribution >= 0.6 is 0 Å². The van der Waals surface area contributed by atoms with Gasteiger partial charge in [-0.25, -0.2) is 4.98 Å². The SMILES string of the molecule is CC(C)C1C=Cc2c1ccnc2N. The lowest BCUT2D eigenvalue weighted by Gasteiger charge is -2.14. The van der Waals surface area contributed by atoms with Crippen molar-refractivity contribution in [2.24, 2.45) is 5.92 Å². The van der Waals surface area contributed by atoms with Crippen LogP contribution in [0.15, 0.2) is 18.3 Å². The van der Waals surface area contributed by atoms with E-state index in [0.717, 1.165) is 5.56 Å². The Morgan fingerprint density at radius 3 is 2.92 bits per heavy atom. The molecule has 2 nitrogen and oxygen atoms in total. The van der Waals surface area contributed by atoms with Crippen LogP contribution in [0.3, 0.4) is 0 Å². The molecule has 68 valence electrons. The van der Waals surface area contributed by atoms with Gasteiger partial charge < -0.3 is 5.73 Å². The Balaban J connectivity index is 2.49. The van der Waals surface area contributed by atoms with Crippen molar-refractivity contribution in [1.82, 2.24) is 4.98 Å². The van der Waals surface area contributed by atoms with Crippen LogP contribution in [0.4, 0.5) is 5.82 Å². The van der Waals surface area contributed by atoms with Crippen molar-refractivity contribution in [1.29, 1.82) is 0 Å². The van der Waals surface area contributed by atoms with Gasteiger partial charge >= 0.3 is 0 Å². The molecule has 0 bridgehead atoms. The van der Waals surface area contributed by atoms with E-state index in [-0.39, 0.29) is 0 Å². The number of rotatable bonds is 1. The van der Waals surface area contributed by atoms with Crippen LogP contribution in [-0.4, -0.2) is 4.98 Å². The summed E-state index contributed by atoms with van der Waals surface area (Å²) in [4.78, 5) is 4.07. The van der Waals surface area contributed by atoms with Crippen molar-refractivity contribution in [3.8, 4) is 0 Å². The fraction of sp³-hybridized carbons (Fsp3) is 0.364. The topological polar surface area (TPSA) is 38.9 Å². The van der Waals surface area contributed by atoms with E-state index in [0.29, 0.717) is 17.7 Å². The summed E-state index contributed by atoms with van der Waals surface area (Å²) in [5.74, 6) is 1.79. The summed E-state index contributed by atoms with van der Waals surface area (Å²) in [5, 5.41) is 0. The number of nitrogen functional groups attached to an aromatic ring is 1. The lowest BCUT2D eigenvalue weighted by Crippen LogP contribution is -2.03. The highest BCUT2D eigenvalue weighted by Crippen LogP contribution is 2.36. The minimum atomic E-state index is 0.514. The van der Waals surface area contributed by atoms with Crippen molar-refractivity contribution >= 4 is 11.9 Å². The Labute approximate surface area is 78.5 Å². The Morgan fingerprint density at radius 2 is 2.23 bits per heavy atom. The summed E-state index contributed by atoms with van der Waals surface area (Å²) < 4.78 is 0. The predicted molar refractivity (Wildman–Crippen MR) is 55.3 cm³/mol. The quantitative estimate of drug-likeness (QED) is 0.710. The second-order valence-electron chi connectivity index (χ2n) is 3.83. The molecule has 0 radical (unpaired) electrons. The van der Waals surface area contributed by atoms with E-state index in [1.165, 1.54) is 5.56 Å². The molecule has 1 heterocycles. The monoisotopic (exact) mass is 174 g/mol. The Kier molecular flexibility index (Phi) is 1.83. The van der Waals surface area contributed by atoms with Gasteiger partial charge in [0.05, 0.1) is 0 Å². The third-order valence-electron chi connectivity index (χ3n) is 2.60. The van der Waals surface area contributed by atoms with Crippen LogP contribution in [0.5, 0.6) is 0 Å². The number of nitrogens with two attached hydrogens (primary N) is 1. The van der Waals surface area contributed by atoms with Gasteiger partial charge in [0.25, 0.3) is 0 Å². The first-order valence-electron chi connectivity index (χ1n) is 4.62. The van der Waals surface area contributed by atoms with Gasteiger partial charge in [-0.05, 0) is 17.5 Å². The van der Waals surface area contributed by atoms with E-state index in [1.54, 1.807) is 6.20 Å². The molecule has 2 rings (SSSR count). The van der Waals surface area contributed by atoms with Gasteiger partial charge in [-0.3, -0.25) is 0 Å². The number of pyridine rings is 1. The zero-order valence-electron chi connectivity index (χ0n) is 7.99. The summed E-state index contributed by atoms with van der Waals surface area (Å²) in [6.45, 7) is 4.45. The number of fused-ring (bicyclic) bond motifs is 1. The van der Waals surface area contributed by atoms with E-state index in [2.05, 4.69) is 37.0 Å². The Morgan fingerprint density at radius 1 is 1.46 bits per heavy atom. The third kappa shape index (κ3) is 1.22. The van der Waals surface area contributed by atoms with Crippen LogP contribution in [0.25, 0.3) is 6.08 Å². The smallest absolute Gasteiger partial charge is 0.130 e. The molecule has 13 heavy (non-hydrogen) atoms. The van der Waals surface area contributed by atoms with Crippen LogP contribution in [-0.2, 0) is 0 Å². The zero-order valence-corrected chi connectivity index (χ0v) is 7.99. The first-order chi connectivity index (χ1) is 6.20. The largest absolute Gasteiger partial charge is 0.383 e. The number of hydrogen-bond donors (Lipinski definition) is 1. The van der Waals surface area contributed by atoms with Crippen molar-refractivity contribution < 1.29 is 0 Å².